The fourth-order valence-electron chi connectivity index (χ4n) is 3.29. The number of benzene rings is 1. The lowest BCUT2D eigenvalue weighted by molar-refractivity contribution is -0.137. The molecule has 128 valence electrons. The highest BCUT2D eigenvalue weighted by Crippen LogP contribution is 2.30. The number of hydrogen-bond acceptors (Lipinski definition) is 5. The minimum absolute atomic E-state index is 0.0152. The van der Waals surface area contributed by atoms with E-state index in [1.165, 1.54) is 6.33 Å². The number of piperidine rings is 1. The van der Waals surface area contributed by atoms with Crippen molar-refractivity contribution in [1.29, 1.82) is 0 Å². The van der Waals surface area contributed by atoms with Crippen LogP contribution in [0.4, 0.5) is 0 Å². The fraction of sp³-hybridized carbons (Fsp3) is 0.333. The van der Waals surface area contributed by atoms with Crippen molar-refractivity contribution < 1.29 is 9.53 Å². The van der Waals surface area contributed by atoms with E-state index in [2.05, 4.69) is 15.1 Å². The summed E-state index contributed by atoms with van der Waals surface area (Å²) >= 11 is 0. The molecule has 0 radical (unpaired) electrons. The van der Waals surface area contributed by atoms with E-state index in [0.717, 1.165) is 31.5 Å². The first-order valence-electron chi connectivity index (χ1n) is 8.45. The van der Waals surface area contributed by atoms with Gasteiger partial charge in [0.15, 0.2) is 6.61 Å². The molecular weight excluding hydrogens is 318 g/mol. The maximum absolute atomic E-state index is 12.8. The number of nitrogens with zero attached hydrogens (tertiary/aromatic N) is 5. The van der Waals surface area contributed by atoms with Crippen molar-refractivity contribution in [1.82, 2.24) is 24.5 Å². The Morgan fingerprint density at radius 2 is 2.04 bits per heavy atom. The highest BCUT2D eigenvalue weighted by Gasteiger charge is 2.30. The number of fused-ring (bicyclic) bond motifs is 1. The van der Waals surface area contributed by atoms with Crippen LogP contribution in [0.15, 0.2) is 48.9 Å². The third-order valence-electron chi connectivity index (χ3n) is 4.48. The molecule has 1 aromatic carbocycles. The Morgan fingerprint density at radius 1 is 1.16 bits per heavy atom. The molecule has 1 fully saturated rings. The molecule has 25 heavy (non-hydrogen) atoms. The highest BCUT2D eigenvalue weighted by atomic mass is 16.5. The Labute approximate surface area is 145 Å². The van der Waals surface area contributed by atoms with Gasteiger partial charge in [0.2, 0.25) is 0 Å². The molecule has 1 aliphatic rings. The summed E-state index contributed by atoms with van der Waals surface area (Å²) in [4.78, 5) is 23.0. The standard InChI is InChI=1S/C18H19N5O2/c24-17(12-25-14-6-2-1-3-7-14)22-11-5-4-8-15(22)16-9-10-19-18-20-13-21-23(16)18/h1-3,6-7,9-10,13,15H,4-5,8,11-12H2/t15-/m0/s1. The van der Waals surface area contributed by atoms with Crippen molar-refractivity contribution in [2.75, 3.05) is 13.2 Å². The molecule has 0 saturated carbocycles. The molecule has 3 aromatic rings. The van der Waals surface area contributed by atoms with Crippen molar-refractivity contribution in [2.24, 2.45) is 0 Å². The number of carbonyl (C=O) groups is 1. The van der Waals surface area contributed by atoms with Crippen molar-refractivity contribution >= 4 is 11.7 Å². The topological polar surface area (TPSA) is 72.6 Å². The van der Waals surface area contributed by atoms with Gasteiger partial charge in [0.25, 0.3) is 11.7 Å². The van der Waals surface area contributed by atoms with E-state index in [9.17, 15) is 4.79 Å². The first-order chi connectivity index (χ1) is 12.3. The van der Waals surface area contributed by atoms with Crippen LogP contribution in [0.5, 0.6) is 5.75 Å². The highest BCUT2D eigenvalue weighted by molar-refractivity contribution is 5.78. The largest absolute Gasteiger partial charge is 0.484 e. The van der Waals surface area contributed by atoms with Crippen LogP contribution in [-0.2, 0) is 4.79 Å². The Kier molecular flexibility index (Phi) is 4.28. The average Bonchev–Trinajstić information content (AvgIpc) is 3.16. The Hall–Kier alpha value is -2.96. The summed E-state index contributed by atoms with van der Waals surface area (Å²) in [6.45, 7) is 0.756. The smallest absolute Gasteiger partial charge is 0.261 e. The number of hydrogen-bond donors (Lipinski definition) is 0. The summed E-state index contributed by atoms with van der Waals surface area (Å²) in [5, 5.41) is 4.26. The molecule has 1 atom stereocenters. The molecule has 0 unspecified atom stereocenters. The third-order valence-corrected chi connectivity index (χ3v) is 4.48. The van der Waals surface area contributed by atoms with Crippen LogP contribution in [0.3, 0.4) is 0 Å². The molecule has 7 heteroatoms. The zero-order valence-electron chi connectivity index (χ0n) is 13.8. The number of aromatic nitrogens is 4. The van der Waals surface area contributed by atoms with E-state index in [4.69, 9.17) is 4.74 Å². The summed E-state index contributed by atoms with van der Waals surface area (Å²) in [5.41, 5.74) is 0.940. The Morgan fingerprint density at radius 3 is 2.92 bits per heavy atom. The van der Waals surface area contributed by atoms with E-state index in [0.29, 0.717) is 11.5 Å². The van der Waals surface area contributed by atoms with Crippen molar-refractivity contribution in [3.63, 3.8) is 0 Å². The first-order valence-corrected chi connectivity index (χ1v) is 8.45. The normalized spacial score (nSPS) is 17.6. The SMILES string of the molecule is O=C(COc1ccccc1)N1CCCC[C@H]1c1ccnc2ncnn12. The van der Waals surface area contributed by atoms with Gasteiger partial charge < -0.3 is 9.64 Å². The van der Waals surface area contributed by atoms with Gasteiger partial charge in [-0.05, 0) is 37.5 Å². The van der Waals surface area contributed by atoms with E-state index in [-0.39, 0.29) is 18.6 Å². The second-order valence-corrected chi connectivity index (χ2v) is 6.04. The lowest BCUT2D eigenvalue weighted by atomic mass is 9.99. The monoisotopic (exact) mass is 337 g/mol. The van der Waals surface area contributed by atoms with Crippen molar-refractivity contribution in [3.05, 3.63) is 54.6 Å². The summed E-state index contributed by atoms with van der Waals surface area (Å²) in [7, 11) is 0. The molecule has 1 aliphatic heterocycles. The predicted molar refractivity (Wildman–Crippen MR) is 91.0 cm³/mol. The quantitative estimate of drug-likeness (QED) is 0.730. The second kappa shape index (κ2) is 6.88. The van der Waals surface area contributed by atoms with Crippen LogP contribution in [0.2, 0.25) is 0 Å². The van der Waals surface area contributed by atoms with Gasteiger partial charge in [0, 0.05) is 12.7 Å². The van der Waals surface area contributed by atoms with Crippen LogP contribution >= 0.6 is 0 Å². The molecule has 1 saturated heterocycles. The van der Waals surface area contributed by atoms with Crippen LogP contribution in [0.1, 0.15) is 31.0 Å². The molecule has 0 N–H and O–H groups in total. The molecule has 1 amide bonds. The van der Waals surface area contributed by atoms with Crippen LogP contribution < -0.4 is 4.74 Å². The summed E-state index contributed by atoms with van der Waals surface area (Å²) in [6, 6.07) is 11.3. The Balaban J connectivity index is 1.54. The molecule has 4 rings (SSSR count). The maximum Gasteiger partial charge on any atom is 0.261 e. The van der Waals surface area contributed by atoms with Crippen molar-refractivity contribution in [2.45, 2.75) is 25.3 Å². The van der Waals surface area contributed by atoms with Gasteiger partial charge in [-0.3, -0.25) is 4.79 Å². The maximum atomic E-state index is 12.8. The zero-order valence-corrected chi connectivity index (χ0v) is 13.8. The van der Waals surface area contributed by atoms with E-state index in [1.807, 2.05) is 41.3 Å². The zero-order chi connectivity index (χ0) is 17.1. The molecule has 2 aromatic heterocycles. The van der Waals surface area contributed by atoms with E-state index < -0.39 is 0 Å². The molecule has 3 heterocycles. The number of ether oxygens (including phenoxy) is 1. The average molecular weight is 337 g/mol. The van der Waals surface area contributed by atoms with Gasteiger partial charge in [0.05, 0.1) is 11.7 Å². The van der Waals surface area contributed by atoms with Crippen molar-refractivity contribution in [3.8, 4) is 5.75 Å². The van der Waals surface area contributed by atoms with Crippen LogP contribution in [0, 0.1) is 0 Å². The Bertz CT molecular complexity index is 864. The van der Waals surface area contributed by atoms with Gasteiger partial charge in [0.1, 0.15) is 12.1 Å². The molecule has 0 spiro atoms. The van der Waals surface area contributed by atoms with Crippen LogP contribution in [-0.4, -0.2) is 43.5 Å². The predicted octanol–water partition coefficient (Wildman–Crippen LogP) is 2.26. The molecule has 0 bridgehead atoms. The lowest BCUT2D eigenvalue weighted by Gasteiger charge is -2.35. The van der Waals surface area contributed by atoms with Gasteiger partial charge >= 0.3 is 0 Å². The second-order valence-electron chi connectivity index (χ2n) is 6.04. The molecule has 0 aliphatic carbocycles. The summed E-state index contributed by atoms with van der Waals surface area (Å²) in [6.07, 6.45) is 6.18. The molecular formula is C18H19N5O2. The van der Waals surface area contributed by atoms with E-state index in [1.54, 1.807) is 10.7 Å². The first kappa shape index (κ1) is 15.6. The number of para-hydroxylation sites is 1. The van der Waals surface area contributed by atoms with Gasteiger partial charge in [-0.1, -0.05) is 18.2 Å². The lowest BCUT2D eigenvalue weighted by Crippen LogP contribution is -2.41. The number of carbonyl (C=O) groups excluding carboxylic acids is 1. The third kappa shape index (κ3) is 3.17. The van der Waals surface area contributed by atoms with Gasteiger partial charge in [-0.15, -0.1) is 0 Å². The number of likely N-dealkylation sites (tertiary alicyclic amines) is 1. The number of rotatable bonds is 4. The minimum Gasteiger partial charge on any atom is -0.484 e. The van der Waals surface area contributed by atoms with Gasteiger partial charge in [-0.25, -0.2) is 4.98 Å². The minimum atomic E-state index is -0.0344. The summed E-state index contributed by atoms with van der Waals surface area (Å²) in [5.74, 6) is 1.24. The molecule has 7 nitrogen and oxygen atoms in total. The van der Waals surface area contributed by atoms with E-state index >= 15 is 0 Å². The van der Waals surface area contributed by atoms with Crippen LogP contribution in [0.25, 0.3) is 5.78 Å². The number of amides is 1. The van der Waals surface area contributed by atoms with Gasteiger partial charge in [-0.2, -0.15) is 14.6 Å². The fourth-order valence-corrected chi connectivity index (χ4v) is 3.29. The summed E-state index contributed by atoms with van der Waals surface area (Å²) < 4.78 is 7.36.